The Morgan fingerprint density at radius 2 is 1.40 bits per heavy atom. The first-order valence-electron chi connectivity index (χ1n) is 7.99. The van der Waals surface area contributed by atoms with Gasteiger partial charge in [-0.15, -0.1) is 0 Å². The van der Waals surface area contributed by atoms with Crippen LogP contribution in [0.3, 0.4) is 0 Å². The maximum Gasteiger partial charge on any atom is 0.221 e. The molecule has 1 heterocycles. The zero-order valence-electron chi connectivity index (χ0n) is 13.3. The van der Waals surface area contributed by atoms with Gasteiger partial charge in [0.2, 0.25) is 5.95 Å². The number of anilines is 1. The third kappa shape index (κ3) is 3.26. The van der Waals surface area contributed by atoms with E-state index in [0.29, 0.717) is 5.02 Å². The van der Waals surface area contributed by atoms with Crippen LogP contribution in [0.1, 0.15) is 23.2 Å². The van der Waals surface area contributed by atoms with E-state index in [-0.39, 0.29) is 5.95 Å². The van der Waals surface area contributed by atoms with Crippen molar-refractivity contribution in [2.75, 3.05) is 5.73 Å². The normalized spacial score (nSPS) is 14.7. The molecule has 0 radical (unpaired) electrons. The molecule has 1 aliphatic carbocycles. The Hall–Kier alpha value is -2.36. The summed E-state index contributed by atoms with van der Waals surface area (Å²) in [5, 5.41) is 1.43. The van der Waals surface area contributed by atoms with Gasteiger partial charge in [0.15, 0.2) is 0 Å². The number of nitrogen functional groups attached to an aromatic ring is 1. The predicted molar refractivity (Wildman–Crippen MR) is 105 cm³/mol. The topological polar surface area (TPSA) is 51.8 Å². The van der Waals surface area contributed by atoms with Gasteiger partial charge >= 0.3 is 0 Å². The van der Waals surface area contributed by atoms with E-state index < -0.39 is 0 Å². The second-order valence-corrected chi connectivity index (χ2v) is 6.86. The molecule has 25 heavy (non-hydrogen) atoms. The van der Waals surface area contributed by atoms with E-state index in [1.807, 2.05) is 48.5 Å². The summed E-state index contributed by atoms with van der Waals surface area (Å²) >= 11 is 12.0. The fraction of sp³-hybridized carbons (Fsp3) is 0.100. The molecule has 3 nitrogen and oxygen atoms in total. The third-order valence-corrected chi connectivity index (χ3v) is 4.81. The minimum Gasteiger partial charge on any atom is -0.368 e. The highest BCUT2D eigenvalue weighted by Gasteiger charge is 2.23. The minimum absolute atomic E-state index is 0.285. The molecule has 0 fully saturated rings. The monoisotopic (exact) mass is 367 g/mol. The van der Waals surface area contributed by atoms with E-state index >= 15 is 0 Å². The van der Waals surface area contributed by atoms with Gasteiger partial charge in [0.25, 0.3) is 0 Å². The highest BCUT2D eigenvalue weighted by molar-refractivity contribution is 6.30. The van der Waals surface area contributed by atoms with E-state index in [1.54, 1.807) is 0 Å². The lowest BCUT2D eigenvalue weighted by Gasteiger charge is -2.09. The molecule has 0 saturated heterocycles. The molecule has 1 aliphatic rings. The molecule has 0 saturated carbocycles. The highest BCUT2D eigenvalue weighted by atomic mass is 35.5. The van der Waals surface area contributed by atoms with E-state index in [2.05, 4.69) is 16.0 Å². The molecule has 1 aromatic heterocycles. The molecule has 5 heteroatoms. The molecule has 0 atom stereocenters. The summed E-state index contributed by atoms with van der Waals surface area (Å²) in [4.78, 5) is 8.98. The standard InChI is InChI=1S/C20H15Cl2N3/c21-15-6-1-12(2-7-15)11-14-5-10-17-18(24-20(23)25-19(14)17)13-3-8-16(22)9-4-13/h1-4,6-9,11H,5,10H2,(H2,23,24,25)/b14-11+. The number of nitrogens with zero attached hydrogens (tertiary/aromatic N) is 2. The molecular weight excluding hydrogens is 353 g/mol. The first-order valence-corrected chi connectivity index (χ1v) is 8.74. The molecule has 0 bridgehead atoms. The van der Waals surface area contributed by atoms with E-state index in [4.69, 9.17) is 28.9 Å². The molecule has 4 rings (SSSR count). The molecule has 0 unspecified atom stereocenters. The first kappa shape index (κ1) is 16.1. The van der Waals surface area contributed by atoms with Crippen molar-refractivity contribution in [3.05, 3.63) is 75.4 Å². The lowest BCUT2D eigenvalue weighted by Crippen LogP contribution is -2.02. The summed E-state index contributed by atoms with van der Waals surface area (Å²) in [5.41, 5.74) is 12.2. The number of nitrogens with two attached hydrogens (primary N) is 1. The van der Waals surface area contributed by atoms with E-state index in [1.165, 1.54) is 5.57 Å². The highest BCUT2D eigenvalue weighted by Crippen LogP contribution is 2.38. The third-order valence-electron chi connectivity index (χ3n) is 4.30. The number of hydrogen-bond donors (Lipinski definition) is 1. The molecule has 0 aliphatic heterocycles. The SMILES string of the molecule is Nc1nc2c(c(-c3ccc(Cl)cc3)n1)CC/C2=C\c1ccc(Cl)cc1. The molecule has 0 amide bonds. The molecule has 3 aromatic rings. The van der Waals surface area contributed by atoms with Crippen LogP contribution in [-0.4, -0.2) is 9.97 Å². The van der Waals surface area contributed by atoms with Gasteiger partial charge < -0.3 is 5.73 Å². The lowest BCUT2D eigenvalue weighted by atomic mass is 10.0. The van der Waals surface area contributed by atoms with Crippen LogP contribution in [-0.2, 0) is 6.42 Å². The maximum atomic E-state index is 6.00. The average molecular weight is 368 g/mol. The Kier molecular flexibility index (Phi) is 4.20. The molecular formula is C20H15Cl2N3. The van der Waals surface area contributed by atoms with Crippen LogP contribution in [0.2, 0.25) is 10.0 Å². The lowest BCUT2D eigenvalue weighted by molar-refractivity contribution is 1.06. The summed E-state index contributed by atoms with van der Waals surface area (Å²) in [6.45, 7) is 0. The molecule has 0 spiro atoms. The van der Waals surface area contributed by atoms with E-state index in [9.17, 15) is 0 Å². The van der Waals surface area contributed by atoms with Gasteiger partial charge in [0.1, 0.15) is 0 Å². The van der Waals surface area contributed by atoms with E-state index in [0.717, 1.165) is 45.9 Å². The van der Waals surface area contributed by atoms with Gasteiger partial charge in [-0.2, -0.15) is 0 Å². The van der Waals surface area contributed by atoms with Crippen LogP contribution in [0.25, 0.3) is 22.9 Å². The van der Waals surface area contributed by atoms with Crippen molar-refractivity contribution in [3.8, 4) is 11.3 Å². The quantitative estimate of drug-likeness (QED) is 0.648. The number of halogens is 2. The Morgan fingerprint density at radius 1 is 0.800 bits per heavy atom. The van der Waals surface area contributed by atoms with Crippen LogP contribution in [0.5, 0.6) is 0 Å². The summed E-state index contributed by atoms with van der Waals surface area (Å²) < 4.78 is 0. The zero-order chi connectivity index (χ0) is 17.4. The second-order valence-electron chi connectivity index (χ2n) is 5.99. The zero-order valence-corrected chi connectivity index (χ0v) is 14.8. The van der Waals surface area contributed by atoms with Crippen LogP contribution < -0.4 is 5.73 Å². The van der Waals surface area contributed by atoms with Gasteiger partial charge in [-0.3, -0.25) is 0 Å². The van der Waals surface area contributed by atoms with Gasteiger partial charge in [0.05, 0.1) is 11.4 Å². The van der Waals surface area contributed by atoms with Crippen LogP contribution in [0.15, 0.2) is 48.5 Å². The Balaban J connectivity index is 1.80. The van der Waals surface area contributed by atoms with Crippen molar-refractivity contribution in [3.63, 3.8) is 0 Å². The van der Waals surface area contributed by atoms with Crippen LogP contribution >= 0.6 is 23.2 Å². The molecule has 124 valence electrons. The van der Waals surface area contributed by atoms with Gasteiger partial charge in [-0.25, -0.2) is 9.97 Å². The second kappa shape index (κ2) is 6.51. The fourth-order valence-corrected chi connectivity index (χ4v) is 3.38. The van der Waals surface area contributed by atoms with Crippen molar-refractivity contribution >= 4 is 40.8 Å². The predicted octanol–water partition coefficient (Wildman–Crippen LogP) is 5.52. The average Bonchev–Trinajstić information content (AvgIpc) is 3.00. The van der Waals surface area contributed by atoms with Gasteiger partial charge in [0, 0.05) is 21.2 Å². The van der Waals surface area contributed by atoms with Gasteiger partial charge in [-0.1, -0.05) is 47.5 Å². The molecule has 2 aromatic carbocycles. The Labute approximate surface area is 156 Å². The molecule has 2 N–H and O–H groups in total. The summed E-state index contributed by atoms with van der Waals surface area (Å²) in [6.07, 6.45) is 3.95. The number of rotatable bonds is 2. The number of allylic oxidation sites excluding steroid dienone is 1. The van der Waals surface area contributed by atoms with Crippen molar-refractivity contribution in [2.24, 2.45) is 0 Å². The van der Waals surface area contributed by atoms with Crippen molar-refractivity contribution in [1.29, 1.82) is 0 Å². The Bertz CT molecular complexity index is 961. The number of aromatic nitrogens is 2. The number of benzene rings is 2. The number of hydrogen-bond acceptors (Lipinski definition) is 3. The van der Waals surface area contributed by atoms with Crippen molar-refractivity contribution in [2.45, 2.75) is 12.8 Å². The first-order chi connectivity index (χ1) is 12.1. The maximum absolute atomic E-state index is 6.00. The van der Waals surface area contributed by atoms with Crippen molar-refractivity contribution < 1.29 is 0 Å². The van der Waals surface area contributed by atoms with Gasteiger partial charge in [-0.05, 0) is 54.3 Å². The minimum atomic E-state index is 0.285. The summed E-state index contributed by atoms with van der Waals surface area (Å²) in [6, 6.07) is 15.4. The van der Waals surface area contributed by atoms with Crippen LogP contribution in [0, 0.1) is 0 Å². The summed E-state index contributed by atoms with van der Waals surface area (Å²) in [5.74, 6) is 0.285. The Morgan fingerprint density at radius 3 is 2.08 bits per heavy atom. The fourth-order valence-electron chi connectivity index (χ4n) is 3.13. The largest absolute Gasteiger partial charge is 0.368 e. The van der Waals surface area contributed by atoms with Crippen LogP contribution in [0.4, 0.5) is 5.95 Å². The van der Waals surface area contributed by atoms with Crippen molar-refractivity contribution in [1.82, 2.24) is 9.97 Å². The summed E-state index contributed by atoms with van der Waals surface area (Å²) in [7, 11) is 0. The smallest absolute Gasteiger partial charge is 0.221 e. The number of fused-ring (bicyclic) bond motifs is 1.